The van der Waals surface area contributed by atoms with Crippen LogP contribution in [-0.2, 0) is 20.8 Å². The lowest BCUT2D eigenvalue weighted by molar-refractivity contribution is -0.136. The summed E-state index contributed by atoms with van der Waals surface area (Å²) in [6, 6.07) is 7.21. The molecule has 2 aromatic rings. The first-order valence-electron chi connectivity index (χ1n) is 10.1. The highest BCUT2D eigenvalue weighted by atomic mass is 32.1. The molecule has 0 saturated heterocycles. The van der Waals surface area contributed by atoms with Gasteiger partial charge in [-0.1, -0.05) is 19.9 Å². The number of amides is 3. The van der Waals surface area contributed by atoms with E-state index < -0.39 is 17.9 Å². The van der Waals surface area contributed by atoms with Gasteiger partial charge < -0.3 is 20.6 Å². The van der Waals surface area contributed by atoms with E-state index in [9.17, 15) is 19.5 Å². The van der Waals surface area contributed by atoms with Gasteiger partial charge in [-0.15, -0.1) is 0 Å². The number of carbonyl (C=O) groups is 3. The first kappa shape index (κ1) is 22.0. The minimum absolute atomic E-state index is 0.0429. The lowest BCUT2D eigenvalue weighted by atomic mass is 9.99. The van der Waals surface area contributed by atoms with E-state index in [1.807, 2.05) is 36.7 Å². The van der Waals surface area contributed by atoms with Crippen LogP contribution in [0.1, 0.15) is 43.9 Å². The summed E-state index contributed by atoms with van der Waals surface area (Å²) in [4.78, 5) is 38.6. The van der Waals surface area contributed by atoms with Crippen LogP contribution in [0.15, 0.2) is 35.0 Å². The van der Waals surface area contributed by atoms with Crippen molar-refractivity contribution in [2.24, 2.45) is 5.92 Å². The fourth-order valence-electron chi connectivity index (χ4n) is 3.41. The van der Waals surface area contributed by atoms with Crippen LogP contribution in [-0.4, -0.2) is 35.9 Å². The van der Waals surface area contributed by atoms with E-state index in [4.69, 9.17) is 0 Å². The molecule has 1 unspecified atom stereocenters. The number of nitrogens with one attached hydrogen (secondary N) is 2. The molecule has 0 aliphatic carbocycles. The van der Waals surface area contributed by atoms with Gasteiger partial charge in [0.1, 0.15) is 0 Å². The third-order valence-corrected chi connectivity index (χ3v) is 5.76. The Hall–Kier alpha value is -2.71. The maximum Gasteiger partial charge on any atom is 0.313 e. The summed E-state index contributed by atoms with van der Waals surface area (Å²) in [6.45, 7) is 4.56. The molecule has 3 N–H and O–H groups in total. The van der Waals surface area contributed by atoms with Crippen LogP contribution in [0, 0.1) is 5.92 Å². The molecule has 0 radical (unpaired) electrons. The van der Waals surface area contributed by atoms with Crippen LogP contribution in [0.5, 0.6) is 0 Å². The molecule has 1 aromatic heterocycles. The number of carbonyl (C=O) groups excluding carboxylic acids is 3. The maximum absolute atomic E-state index is 12.5. The standard InChI is InChI=1S/C22H27N3O4S/c1-14(2)22(29)25-10-3-4-15-5-6-17(12-18(15)25)24-21(28)20(27)23-9-7-19(26)16-8-11-30-13-16/h5-6,8,11-14,19,26H,3-4,7,9-10H2,1-2H3,(H,23,27)(H,24,28). The summed E-state index contributed by atoms with van der Waals surface area (Å²) in [5.74, 6) is -1.62. The third kappa shape index (κ3) is 5.25. The quantitative estimate of drug-likeness (QED) is 0.615. The number of aliphatic hydroxyl groups excluding tert-OH is 1. The van der Waals surface area contributed by atoms with Gasteiger partial charge in [0.15, 0.2) is 0 Å². The second-order valence-electron chi connectivity index (χ2n) is 7.66. The Morgan fingerprint density at radius 1 is 1.20 bits per heavy atom. The highest BCUT2D eigenvalue weighted by Crippen LogP contribution is 2.31. The van der Waals surface area contributed by atoms with Crippen molar-refractivity contribution in [1.29, 1.82) is 0 Å². The Balaban J connectivity index is 1.58. The number of nitrogens with zero attached hydrogens (tertiary/aromatic N) is 1. The SMILES string of the molecule is CC(C)C(=O)N1CCCc2ccc(NC(=O)C(=O)NCCC(O)c3ccsc3)cc21. The van der Waals surface area contributed by atoms with Crippen molar-refractivity contribution < 1.29 is 19.5 Å². The fourth-order valence-corrected chi connectivity index (χ4v) is 4.12. The third-order valence-electron chi connectivity index (χ3n) is 5.06. The number of thiophene rings is 1. The summed E-state index contributed by atoms with van der Waals surface area (Å²) < 4.78 is 0. The summed E-state index contributed by atoms with van der Waals surface area (Å²) in [7, 11) is 0. The van der Waals surface area contributed by atoms with Crippen LogP contribution in [0.4, 0.5) is 11.4 Å². The van der Waals surface area contributed by atoms with Crippen LogP contribution >= 0.6 is 11.3 Å². The van der Waals surface area contributed by atoms with E-state index in [1.165, 1.54) is 11.3 Å². The van der Waals surface area contributed by atoms with Gasteiger partial charge in [0.05, 0.1) is 6.10 Å². The molecule has 1 aromatic carbocycles. The Kier molecular flexibility index (Phi) is 7.23. The van der Waals surface area contributed by atoms with Crippen molar-refractivity contribution in [2.75, 3.05) is 23.3 Å². The molecule has 0 spiro atoms. The van der Waals surface area contributed by atoms with E-state index in [1.54, 1.807) is 17.0 Å². The van der Waals surface area contributed by atoms with Gasteiger partial charge in [0.2, 0.25) is 5.91 Å². The molecule has 3 rings (SSSR count). The van der Waals surface area contributed by atoms with Gasteiger partial charge >= 0.3 is 11.8 Å². The fraction of sp³-hybridized carbons (Fsp3) is 0.409. The zero-order valence-corrected chi connectivity index (χ0v) is 18.0. The maximum atomic E-state index is 12.5. The van der Waals surface area contributed by atoms with Gasteiger partial charge in [-0.25, -0.2) is 0 Å². The summed E-state index contributed by atoms with van der Waals surface area (Å²) in [6.07, 6.45) is 1.42. The lowest BCUT2D eigenvalue weighted by Crippen LogP contribution is -2.38. The Labute approximate surface area is 180 Å². The van der Waals surface area contributed by atoms with Crippen molar-refractivity contribution in [3.8, 4) is 0 Å². The molecular formula is C22H27N3O4S. The number of benzene rings is 1. The van der Waals surface area contributed by atoms with E-state index >= 15 is 0 Å². The van der Waals surface area contributed by atoms with Gasteiger partial charge in [-0.3, -0.25) is 14.4 Å². The van der Waals surface area contributed by atoms with E-state index in [-0.39, 0.29) is 18.4 Å². The molecule has 0 fully saturated rings. The number of hydrogen-bond acceptors (Lipinski definition) is 5. The van der Waals surface area contributed by atoms with Crippen molar-refractivity contribution in [1.82, 2.24) is 5.32 Å². The molecule has 1 atom stereocenters. The lowest BCUT2D eigenvalue weighted by Gasteiger charge is -2.31. The number of hydrogen-bond donors (Lipinski definition) is 3. The molecule has 7 nitrogen and oxygen atoms in total. The molecule has 0 saturated carbocycles. The van der Waals surface area contributed by atoms with Gasteiger partial charge in [-0.2, -0.15) is 11.3 Å². The Bertz CT molecular complexity index is 911. The largest absolute Gasteiger partial charge is 0.388 e. The smallest absolute Gasteiger partial charge is 0.313 e. The Morgan fingerprint density at radius 2 is 2.00 bits per heavy atom. The molecule has 160 valence electrons. The molecule has 0 bridgehead atoms. The van der Waals surface area contributed by atoms with Crippen molar-refractivity contribution in [3.63, 3.8) is 0 Å². The summed E-state index contributed by atoms with van der Waals surface area (Å²) in [5.41, 5.74) is 3.11. The normalized spacial score (nSPS) is 14.2. The van der Waals surface area contributed by atoms with Crippen LogP contribution < -0.4 is 15.5 Å². The molecule has 1 aliphatic rings. The van der Waals surface area contributed by atoms with Gasteiger partial charge in [-0.05, 0) is 59.3 Å². The molecule has 1 aliphatic heterocycles. The minimum Gasteiger partial charge on any atom is -0.388 e. The predicted octanol–water partition coefficient (Wildman–Crippen LogP) is 2.86. The first-order valence-corrected chi connectivity index (χ1v) is 11.0. The zero-order valence-electron chi connectivity index (χ0n) is 17.2. The van der Waals surface area contributed by atoms with Gasteiger partial charge in [0.25, 0.3) is 0 Å². The second kappa shape index (κ2) is 9.86. The number of rotatable bonds is 6. The highest BCUT2D eigenvalue weighted by Gasteiger charge is 2.25. The predicted molar refractivity (Wildman–Crippen MR) is 117 cm³/mol. The molecule has 3 amide bonds. The molecule has 30 heavy (non-hydrogen) atoms. The molecular weight excluding hydrogens is 402 g/mol. The topological polar surface area (TPSA) is 98.7 Å². The molecule has 8 heteroatoms. The van der Waals surface area contributed by atoms with Crippen LogP contribution in [0.25, 0.3) is 0 Å². The Morgan fingerprint density at radius 3 is 2.70 bits per heavy atom. The summed E-state index contributed by atoms with van der Waals surface area (Å²) in [5, 5.41) is 18.9. The number of aliphatic hydroxyl groups is 1. The summed E-state index contributed by atoms with van der Waals surface area (Å²) >= 11 is 1.49. The van der Waals surface area contributed by atoms with Crippen molar-refractivity contribution in [2.45, 2.75) is 39.2 Å². The highest BCUT2D eigenvalue weighted by molar-refractivity contribution is 7.07. The average Bonchev–Trinajstić information content (AvgIpc) is 3.27. The number of aryl methyl sites for hydroxylation is 1. The van der Waals surface area contributed by atoms with Crippen LogP contribution in [0.2, 0.25) is 0 Å². The number of fused-ring (bicyclic) bond motifs is 1. The van der Waals surface area contributed by atoms with Gasteiger partial charge in [0, 0.05) is 30.4 Å². The zero-order chi connectivity index (χ0) is 21.7. The molecule has 2 heterocycles. The number of anilines is 2. The first-order chi connectivity index (χ1) is 14.4. The van der Waals surface area contributed by atoms with E-state index in [0.717, 1.165) is 29.7 Å². The monoisotopic (exact) mass is 429 g/mol. The van der Waals surface area contributed by atoms with Crippen LogP contribution in [0.3, 0.4) is 0 Å². The van der Waals surface area contributed by atoms with E-state index in [0.29, 0.717) is 18.7 Å². The van der Waals surface area contributed by atoms with Crippen molar-refractivity contribution in [3.05, 3.63) is 46.2 Å². The van der Waals surface area contributed by atoms with Crippen molar-refractivity contribution >= 4 is 40.4 Å². The minimum atomic E-state index is -0.780. The second-order valence-corrected chi connectivity index (χ2v) is 8.44. The van der Waals surface area contributed by atoms with E-state index in [2.05, 4.69) is 10.6 Å². The average molecular weight is 430 g/mol.